The topological polar surface area (TPSA) is 46.2 Å². The molecule has 0 aromatic rings. The van der Waals surface area contributed by atoms with Gasteiger partial charge in [-0.15, -0.1) is 0 Å². The van der Waals surface area contributed by atoms with Crippen LogP contribution in [0.2, 0.25) is 0 Å². The molecule has 0 aliphatic carbocycles. The predicted molar refractivity (Wildman–Crippen MR) is 41.8 cm³/mol. The maximum absolute atomic E-state index is 10.3. The standard InChI is InChI=1S/C8H13NO2/c1-7(6-10)4-3-5-9-8(2)11/h1,6-7H,3-5H2,2H3,(H,9,11)/t7-/m0/s1. The lowest BCUT2D eigenvalue weighted by Crippen LogP contribution is -2.21. The number of amides is 1. The zero-order valence-electron chi connectivity index (χ0n) is 6.67. The third-order valence-corrected chi connectivity index (χ3v) is 1.26. The Morgan fingerprint density at radius 2 is 2.36 bits per heavy atom. The van der Waals surface area contributed by atoms with Crippen LogP contribution in [-0.2, 0) is 9.59 Å². The molecule has 0 heterocycles. The summed E-state index contributed by atoms with van der Waals surface area (Å²) in [6, 6.07) is 0. The molecule has 1 N–H and O–H groups in total. The van der Waals surface area contributed by atoms with Crippen molar-refractivity contribution in [3.63, 3.8) is 0 Å². The van der Waals surface area contributed by atoms with Gasteiger partial charge in [-0.2, -0.15) is 0 Å². The highest BCUT2D eigenvalue weighted by Crippen LogP contribution is 1.99. The van der Waals surface area contributed by atoms with Crippen LogP contribution < -0.4 is 5.32 Å². The van der Waals surface area contributed by atoms with E-state index in [4.69, 9.17) is 6.92 Å². The van der Waals surface area contributed by atoms with Crippen molar-refractivity contribution in [2.75, 3.05) is 6.54 Å². The lowest BCUT2D eigenvalue weighted by Gasteiger charge is -2.02. The first-order chi connectivity index (χ1) is 5.16. The normalized spacial score (nSPS) is 12.2. The van der Waals surface area contributed by atoms with Gasteiger partial charge in [-0.05, 0) is 19.8 Å². The summed E-state index contributed by atoms with van der Waals surface area (Å²) < 4.78 is 0. The van der Waals surface area contributed by atoms with Crippen LogP contribution in [0.25, 0.3) is 0 Å². The van der Waals surface area contributed by atoms with E-state index in [1.807, 2.05) is 0 Å². The molecular weight excluding hydrogens is 142 g/mol. The van der Waals surface area contributed by atoms with E-state index >= 15 is 0 Å². The Labute approximate surface area is 67.2 Å². The molecule has 11 heavy (non-hydrogen) atoms. The molecule has 3 nitrogen and oxygen atoms in total. The van der Waals surface area contributed by atoms with Crippen molar-refractivity contribution in [1.82, 2.24) is 5.32 Å². The van der Waals surface area contributed by atoms with Crippen molar-refractivity contribution in [3.05, 3.63) is 6.92 Å². The summed E-state index contributed by atoms with van der Waals surface area (Å²) in [6.45, 7) is 7.36. The highest BCUT2D eigenvalue weighted by atomic mass is 16.1. The second-order valence-electron chi connectivity index (χ2n) is 2.43. The van der Waals surface area contributed by atoms with Crippen LogP contribution in [0.4, 0.5) is 0 Å². The quantitative estimate of drug-likeness (QED) is 0.462. The van der Waals surface area contributed by atoms with Gasteiger partial charge in [0.25, 0.3) is 0 Å². The van der Waals surface area contributed by atoms with E-state index in [0.717, 1.165) is 6.42 Å². The summed E-state index contributed by atoms with van der Waals surface area (Å²) in [7, 11) is 0. The summed E-state index contributed by atoms with van der Waals surface area (Å²) in [5.41, 5.74) is 0. The third kappa shape index (κ3) is 7.03. The Morgan fingerprint density at radius 3 is 2.82 bits per heavy atom. The Kier molecular flexibility index (Phi) is 5.43. The number of aldehydes is 1. The number of nitrogens with one attached hydrogen (secondary N) is 1. The van der Waals surface area contributed by atoms with E-state index in [-0.39, 0.29) is 11.8 Å². The van der Waals surface area contributed by atoms with Crippen molar-refractivity contribution in [3.8, 4) is 0 Å². The Bertz CT molecular complexity index is 134. The fourth-order valence-electron chi connectivity index (χ4n) is 0.670. The second-order valence-corrected chi connectivity index (χ2v) is 2.43. The number of carbonyl (C=O) groups excluding carboxylic acids is 2. The smallest absolute Gasteiger partial charge is 0.216 e. The molecular formula is C8H13NO2. The van der Waals surface area contributed by atoms with E-state index in [0.29, 0.717) is 19.3 Å². The van der Waals surface area contributed by atoms with Gasteiger partial charge < -0.3 is 10.1 Å². The van der Waals surface area contributed by atoms with Gasteiger partial charge in [0.15, 0.2) is 0 Å². The highest BCUT2D eigenvalue weighted by Gasteiger charge is 1.98. The average molecular weight is 155 g/mol. The van der Waals surface area contributed by atoms with Gasteiger partial charge >= 0.3 is 0 Å². The maximum Gasteiger partial charge on any atom is 0.216 e. The van der Waals surface area contributed by atoms with E-state index < -0.39 is 0 Å². The Hall–Kier alpha value is -0.860. The molecule has 0 aliphatic rings. The fraction of sp³-hybridized carbons (Fsp3) is 0.625. The fourth-order valence-corrected chi connectivity index (χ4v) is 0.670. The average Bonchev–Trinajstić information content (AvgIpc) is 1.97. The minimum Gasteiger partial charge on any atom is -0.356 e. The second kappa shape index (κ2) is 5.89. The molecule has 0 rings (SSSR count). The van der Waals surface area contributed by atoms with Crippen molar-refractivity contribution in [1.29, 1.82) is 0 Å². The molecule has 1 amide bonds. The first kappa shape index (κ1) is 10.1. The SMILES string of the molecule is [CH][C@H](C=O)CCCNC(C)=O. The van der Waals surface area contributed by atoms with Gasteiger partial charge in [0.1, 0.15) is 6.29 Å². The van der Waals surface area contributed by atoms with Crippen molar-refractivity contribution >= 4 is 12.2 Å². The van der Waals surface area contributed by atoms with Gasteiger partial charge in [-0.25, -0.2) is 0 Å². The van der Waals surface area contributed by atoms with E-state index in [1.165, 1.54) is 6.92 Å². The molecule has 0 fully saturated rings. The molecule has 0 saturated heterocycles. The molecule has 2 radical (unpaired) electrons. The molecule has 0 spiro atoms. The third-order valence-electron chi connectivity index (χ3n) is 1.26. The van der Waals surface area contributed by atoms with Crippen LogP contribution in [0, 0.1) is 12.8 Å². The summed E-state index contributed by atoms with van der Waals surface area (Å²) in [4.78, 5) is 20.4. The minimum atomic E-state index is -0.385. The van der Waals surface area contributed by atoms with Crippen LogP contribution in [0.1, 0.15) is 19.8 Å². The van der Waals surface area contributed by atoms with E-state index in [9.17, 15) is 9.59 Å². The molecule has 0 aromatic carbocycles. The number of carbonyl (C=O) groups is 2. The number of hydrogen-bond acceptors (Lipinski definition) is 2. The molecule has 0 saturated carbocycles. The van der Waals surface area contributed by atoms with Crippen LogP contribution >= 0.6 is 0 Å². The maximum atomic E-state index is 10.3. The summed E-state index contributed by atoms with van der Waals surface area (Å²) in [6.07, 6.45) is 2.09. The lowest BCUT2D eigenvalue weighted by atomic mass is 10.1. The number of rotatable bonds is 5. The van der Waals surface area contributed by atoms with Crippen molar-refractivity contribution in [2.45, 2.75) is 19.8 Å². The van der Waals surface area contributed by atoms with Crippen LogP contribution in [0.5, 0.6) is 0 Å². The van der Waals surface area contributed by atoms with Gasteiger partial charge in [-0.1, -0.05) is 0 Å². The summed E-state index contributed by atoms with van der Waals surface area (Å²) in [5.74, 6) is -0.437. The van der Waals surface area contributed by atoms with Crippen LogP contribution in [-0.4, -0.2) is 18.7 Å². The van der Waals surface area contributed by atoms with Crippen molar-refractivity contribution < 1.29 is 9.59 Å². The van der Waals surface area contributed by atoms with Crippen molar-refractivity contribution in [2.24, 2.45) is 5.92 Å². The van der Waals surface area contributed by atoms with Crippen LogP contribution in [0.15, 0.2) is 0 Å². The zero-order valence-corrected chi connectivity index (χ0v) is 6.67. The van der Waals surface area contributed by atoms with E-state index in [1.54, 1.807) is 0 Å². The van der Waals surface area contributed by atoms with Crippen LogP contribution in [0.3, 0.4) is 0 Å². The molecule has 1 atom stereocenters. The minimum absolute atomic E-state index is 0.0512. The largest absolute Gasteiger partial charge is 0.356 e. The monoisotopic (exact) mass is 155 g/mol. The van der Waals surface area contributed by atoms with Gasteiger partial charge in [0.05, 0.1) is 0 Å². The first-order valence-electron chi connectivity index (χ1n) is 3.62. The molecule has 62 valence electrons. The molecule has 3 heteroatoms. The lowest BCUT2D eigenvalue weighted by molar-refractivity contribution is -0.118. The molecule has 0 unspecified atom stereocenters. The van der Waals surface area contributed by atoms with Gasteiger partial charge in [-0.3, -0.25) is 4.79 Å². The van der Waals surface area contributed by atoms with Gasteiger partial charge in [0.2, 0.25) is 5.91 Å². The Morgan fingerprint density at radius 1 is 1.73 bits per heavy atom. The number of hydrogen-bond donors (Lipinski definition) is 1. The zero-order chi connectivity index (χ0) is 8.69. The Balaban J connectivity index is 3.14. The summed E-state index contributed by atoms with van der Waals surface area (Å²) in [5, 5.41) is 2.61. The van der Waals surface area contributed by atoms with E-state index in [2.05, 4.69) is 5.32 Å². The van der Waals surface area contributed by atoms with Gasteiger partial charge in [0, 0.05) is 19.4 Å². The predicted octanol–water partition coefficient (Wildman–Crippen LogP) is 0.429. The molecule has 0 aromatic heterocycles. The molecule has 0 bridgehead atoms. The summed E-state index contributed by atoms with van der Waals surface area (Å²) >= 11 is 0. The highest BCUT2D eigenvalue weighted by molar-refractivity contribution is 5.72. The molecule has 0 aliphatic heterocycles. The first-order valence-corrected chi connectivity index (χ1v) is 3.62.